The number of esters is 1. The van der Waals surface area contributed by atoms with Crippen LogP contribution >= 0.6 is 0 Å². The van der Waals surface area contributed by atoms with Crippen LogP contribution in [0.15, 0.2) is 53.2 Å². The van der Waals surface area contributed by atoms with Gasteiger partial charge in [0, 0.05) is 5.56 Å². The van der Waals surface area contributed by atoms with Gasteiger partial charge in [0.1, 0.15) is 0 Å². The summed E-state index contributed by atoms with van der Waals surface area (Å²) in [6.45, 7) is 4.61. The highest BCUT2D eigenvalue weighted by atomic mass is 16.6. The molecule has 0 radical (unpaired) electrons. The summed E-state index contributed by atoms with van der Waals surface area (Å²) in [5, 5.41) is 0. The van der Waals surface area contributed by atoms with E-state index in [4.69, 9.17) is 14.2 Å². The normalized spacial score (nSPS) is 15.0. The fourth-order valence-electron chi connectivity index (χ4n) is 2.58. The van der Waals surface area contributed by atoms with E-state index < -0.39 is 5.97 Å². The zero-order chi connectivity index (χ0) is 18.5. The monoisotopic (exact) mass is 351 g/mol. The van der Waals surface area contributed by atoms with Crippen molar-refractivity contribution in [3.05, 3.63) is 64.9 Å². The molecule has 0 saturated carbocycles. The minimum Gasteiger partial charge on any atom is -0.493 e. The van der Waals surface area contributed by atoms with Crippen LogP contribution in [0.4, 0.5) is 0 Å². The van der Waals surface area contributed by atoms with Crippen LogP contribution in [-0.2, 0) is 9.53 Å². The molecule has 5 heteroatoms. The van der Waals surface area contributed by atoms with Crippen molar-refractivity contribution in [1.82, 2.24) is 0 Å². The molecule has 0 bridgehead atoms. The number of hydrogen-bond acceptors (Lipinski definition) is 5. The summed E-state index contributed by atoms with van der Waals surface area (Å²) in [6.07, 6.45) is 2.58. The van der Waals surface area contributed by atoms with Gasteiger partial charge in [-0.25, -0.2) is 9.79 Å². The number of rotatable bonds is 6. The van der Waals surface area contributed by atoms with Crippen molar-refractivity contribution in [2.75, 3.05) is 13.7 Å². The average molecular weight is 351 g/mol. The fraction of sp³-hybridized carbons (Fsp3) is 0.238. The van der Waals surface area contributed by atoms with Crippen molar-refractivity contribution >= 4 is 17.9 Å². The van der Waals surface area contributed by atoms with Crippen LogP contribution in [-0.4, -0.2) is 25.6 Å². The van der Waals surface area contributed by atoms with Crippen LogP contribution < -0.4 is 9.47 Å². The van der Waals surface area contributed by atoms with Crippen LogP contribution in [0.2, 0.25) is 0 Å². The molecule has 0 spiro atoms. The van der Waals surface area contributed by atoms with Gasteiger partial charge < -0.3 is 14.2 Å². The average Bonchev–Trinajstić information content (AvgIpc) is 3.01. The molecule has 1 aliphatic rings. The Balaban J connectivity index is 1.90. The molecule has 0 N–H and O–H groups in total. The Bertz CT molecular complexity index is 883. The van der Waals surface area contributed by atoms with E-state index in [9.17, 15) is 4.79 Å². The minimum absolute atomic E-state index is 0.258. The number of methoxy groups -OCH3 is 1. The summed E-state index contributed by atoms with van der Waals surface area (Å²) in [6, 6.07) is 13.2. The number of benzene rings is 2. The van der Waals surface area contributed by atoms with Crippen molar-refractivity contribution in [3.63, 3.8) is 0 Å². The highest BCUT2D eigenvalue weighted by Crippen LogP contribution is 2.30. The van der Waals surface area contributed by atoms with E-state index in [0.717, 1.165) is 23.1 Å². The standard InChI is InChI=1S/C21H21NO4/c1-4-10-25-19-13-15(8-9-18(19)24-3)12-17-21(23)26-20(22-17)16-7-5-6-14(2)11-16/h5-9,11-13H,4,10H2,1-3H3. The van der Waals surface area contributed by atoms with Gasteiger partial charge in [-0.15, -0.1) is 0 Å². The smallest absolute Gasteiger partial charge is 0.363 e. The molecular weight excluding hydrogens is 330 g/mol. The van der Waals surface area contributed by atoms with Gasteiger partial charge in [0.25, 0.3) is 0 Å². The van der Waals surface area contributed by atoms with Crippen LogP contribution in [0.25, 0.3) is 6.08 Å². The maximum atomic E-state index is 12.2. The van der Waals surface area contributed by atoms with Gasteiger partial charge in [-0.05, 0) is 49.2 Å². The third-order valence-electron chi connectivity index (χ3n) is 3.84. The molecule has 5 nitrogen and oxygen atoms in total. The first-order chi connectivity index (χ1) is 12.6. The summed E-state index contributed by atoms with van der Waals surface area (Å²) in [7, 11) is 1.60. The predicted octanol–water partition coefficient (Wildman–Crippen LogP) is 4.14. The third kappa shape index (κ3) is 3.94. The molecule has 2 aromatic carbocycles. The van der Waals surface area contributed by atoms with Gasteiger partial charge in [-0.2, -0.15) is 0 Å². The van der Waals surface area contributed by atoms with E-state index in [2.05, 4.69) is 4.99 Å². The molecule has 134 valence electrons. The second-order valence-corrected chi connectivity index (χ2v) is 5.96. The van der Waals surface area contributed by atoms with E-state index in [0.29, 0.717) is 24.0 Å². The Labute approximate surface area is 152 Å². The predicted molar refractivity (Wildman–Crippen MR) is 101 cm³/mol. The van der Waals surface area contributed by atoms with E-state index >= 15 is 0 Å². The molecule has 0 unspecified atom stereocenters. The lowest BCUT2D eigenvalue weighted by atomic mass is 10.1. The number of nitrogens with zero attached hydrogens (tertiary/aromatic N) is 1. The van der Waals surface area contributed by atoms with Gasteiger partial charge in [0.15, 0.2) is 17.2 Å². The summed E-state index contributed by atoms with van der Waals surface area (Å²) >= 11 is 0. The SMILES string of the molecule is CCCOc1cc(C=C2N=C(c3cccc(C)c3)OC2=O)ccc1OC. The van der Waals surface area contributed by atoms with Gasteiger partial charge in [0.2, 0.25) is 5.90 Å². The van der Waals surface area contributed by atoms with Gasteiger partial charge in [-0.1, -0.05) is 30.7 Å². The number of carbonyl (C=O) groups is 1. The Kier molecular flexibility index (Phi) is 5.37. The van der Waals surface area contributed by atoms with E-state index in [1.807, 2.05) is 56.3 Å². The fourth-order valence-corrected chi connectivity index (χ4v) is 2.58. The van der Waals surface area contributed by atoms with Crippen molar-refractivity contribution < 1.29 is 19.0 Å². The number of aliphatic imine (C=N–C) groups is 1. The summed E-state index contributed by atoms with van der Waals surface area (Å²) in [4.78, 5) is 16.5. The summed E-state index contributed by atoms with van der Waals surface area (Å²) in [5.41, 5.74) is 2.90. The zero-order valence-corrected chi connectivity index (χ0v) is 15.1. The van der Waals surface area contributed by atoms with Crippen LogP contribution in [0, 0.1) is 6.92 Å². The molecule has 0 amide bonds. The summed E-state index contributed by atoms with van der Waals surface area (Å²) in [5.74, 6) is 1.14. The highest BCUT2D eigenvalue weighted by molar-refractivity contribution is 6.12. The molecule has 3 rings (SSSR count). The first-order valence-corrected chi connectivity index (χ1v) is 8.51. The highest BCUT2D eigenvalue weighted by Gasteiger charge is 2.24. The number of carbonyl (C=O) groups excluding carboxylic acids is 1. The maximum absolute atomic E-state index is 12.2. The summed E-state index contributed by atoms with van der Waals surface area (Å²) < 4.78 is 16.3. The molecule has 26 heavy (non-hydrogen) atoms. The lowest BCUT2D eigenvalue weighted by Crippen LogP contribution is -2.05. The lowest BCUT2D eigenvalue weighted by molar-refractivity contribution is -0.129. The van der Waals surface area contributed by atoms with Crippen LogP contribution in [0.1, 0.15) is 30.0 Å². The second-order valence-electron chi connectivity index (χ2n) is 5.96. The van der Waals surface area contributed by atoms with E-state index in [1.54, 1.807) is 13.2 Å². The largest absolute Gasteiger partial charge is 0.493 e. The molecule has 0 aromatic heterocycles. The van der Waals surface area contributed by atoms with Gasteiger partial charge in [0.05, 0.1) is 13.7 Å². The quantitative estimate of drug-likeness (QED) is 0.580. The number of ether oxygens (including phenoxy) is 3. The molecule has 1 aliphatic heterocycles. The van der Waals surface area contributed by atoms with E-state index in [-0.39, 0.29) is 5.70 Å². The lowest BCUT2D eigenvalue weighted by Gasteiger charge is -2.10. The van der Waals surface area contributed by atoms with Crippen LogP contribution in [0.5, 0.6) is 11.5 Å². The first-order valence-electron chi connectivity index (χ1n) is 8.51. The molecule has 0 fully saturated rings. The third-order valence-corrected chi connectivity index (χ3v) is 3.84. The molecule has 0 atom stereocenters. The number of aryl methyl sites for hydroxylation is 1. The maximum Gasteiger partial charge on any atom is 0.363 e. The first kappa shape index (κ1) is 17.7. The zero-order valence-electron chi connectivity index (χ0n) is 15.1. The number of cyclic esters (lactones) is 1. The van der Waals surface area contributed by atoms with Crippen molar-refractivity contribution in [2.24, 2.45) is 4.99 Å². The van der Waals surface area contributed by atoms with Crippen molar-refractivity contribution in [2.45, 2.75) is 20.3 Å². The Morgan fingerprint density at radius 2 is 2.00 bits per heavy atom. The Morgan fingerprint density at radius 3 is 2.73 bits per heavy atom. The van der Waals surface area contributed by atoms with Crippen molar-refractivity contribution in [1.29, 1.82) is 0 Å². The number of hydrogen-bond donors (Lipinski definition) is 0. The molecular formula is C21H21NO4. The topological polar surface area (TPSA) is 57.1 Å². The molecule has 0 saturated heterocycles. The van der Waals surface area contributed by atoms with Crippen LogP contribution in [0.3, 0.4) is 0 Å². The molecule has 0 aliphatic carbocycles. The Morgan fingerprint density at radius 1 is 1.15 bits per heavy atom. The van der Waals surface area contributed by atoms with E-state index in [1.165, 1.54) is 0 Å². The molecule has 2 aromatic rings. The minimum atomic E-state index is -0.464. The second kappa shape index (κ2) is 7.87. The van der Waals surface area contributed by atoms with Crippen molar-refractivity contribution in [3.8, 4) is 11.5 Å². The van der Waals surface area contributed by atoms with Gasteiger partial charge in [-0.3, -0.25) is 0 Å². The Hall–Kier alpha value is -3.08. The van der Waals surface area contributed by atoms with Gasteiger partial charge >= 0.3 is 5.97 Å². The molecule has 1 heterocycles.